The molecule has 1 aliphatic heterocycles. The molecule has 26 heavy (non-hydrogen) atoms. The van der Waals surface area contributed by atoms with Crippen molar-refractivity contribution in [3.63, 3.8) is 0 Å². The van der Waals surface area contributed by atoms with Crippen molar-refractivity contribution in [2.75, 3.05) is 13.1 Å². The summed E-state index contributed by atoms with van der Waals surface area (Å²) in [5.74, 6) is 0. The summed E-state index contributed by atoms with van der Waals surface area (Å²) >= 11 is 0. The number of ether oxygens (including phenoxy) is 1. The zero-order valence-corrected chi connectivity index (χ0v) is 17.7. The third-order valence-corrected chi connectivity index (χ3v) is 4.88. The van der Waals surface area contributed by atoms with Crippen LogP contribution in [-0.2, 0) is 4.74 Å². The van der Waals surface area contributed by atoms with E-state index in [9.17, 15) is 9.59 Å². The number of amides is 3. The topological polar surface area (TPSA) is 49.9 Å². The summed E-state index contributed by atoms with van der Waals surface area (Å²) in [6.07, 6.45) is 11.0. The highest BCUT2D eigenvalue weighted by molar-refractivity contribution is 5.91. The van der Waals surface area contributed by atoms with E-state index in [0.717, 1.165) is 32.2 Å². The molecule has 0 aliphatic carbocycles. The van der Waals surface area contributed by atoms with Crippen molar-refractivity contribution in [2.24, 2.45) is 0 Å². The number of hydrogen-bond donors (Lipinski definition) is 0. The number of likely N-dealkylation sites (tertiary alicyclic amines) is 1. The van der Waals surface area contributed by atoms with Crippen LogP contribution in [0, 0.1) is 0 Å². The second-order valence-electron chi connectivity index (χ2n) is 8.57. The SMILES string of the molecule is CCCCCCCCCCN(C(=O)OC(C)(C)C)C(=O)N1CCC[C@H]1C. The van der Waals surface area contributed by atoms with Gasteiger partial charge in [0.25, 0.3) is 0 Å². The Bertz CT molecular complexity index is 431. The summed E-state index contributed by atoms with van der Waals surface area (Å²) in [5, 5.41) is 0. The number of imide groups is 1. The fraction of sp³-hybridized carbons (Fsp3) is 0.905. The van der Waals surface area contributed by atoms with Gasteiger partial charge in [0.1, 0.15) is 5.60 Å². The van der Waals surface area contributed by atoms with Crippen molar-refractivity contribution in [2.45, 2.75) is 110 Å². The van der Waals surface area contributed by atoms with Crippen molar-refractivity contribution < 1.29 is 14.3 Å². The van der Waals surface area contributed by atoms with Crippen LogP contribution in [0.25, 0.3) is 0 Å². The normalized spacial score (nSPS) is 17.4. The van der Waals surface area contributed by atoms with Crippen LogP contribution in [0.5, 0.6) is 0 Å². The molecule has 1 rings (SSSR count). The van der Waals surface area contributed by atoms with Gasteiger partial charge >= 0.3 is 12.1 Å². The summed E-state index contributed by atoms with van der Waals surface area (Å²) in [7, 11) is 0. The van der Waals surface area contributed by atoms with Crippen LogP contribution in [-0.4, -0.2) is 46.7 Å². The quantitative estimate of drug-likeness (QED) is 0.471. The van der Waals surface area contributed by atoms with Gasteiger partial charge < -0.3 is 9.64 Å². The molecule has 0 N–H and O–H groups in total. The third-order valence-electron chi connectivity index (χ3n) is 4.88. The lowest BCUT2D eigenvalue weighted by atomic mass is 10.1. The van der Waals surface area contributed by atoms with E-state index in [1.54, 1.807) is 0 Å². The molecule has 0 unspecified atom stereocenters. The maximum Gasteiger partial charge on any atom is 0.418 e. The Morgan fingerprint density at radius 1 is 1.04 bits per heavy atom. The van der Waals surface area contributed by atoms with Crippen molar-refractivity contribution in [1.82, 2.24) is 9.80 Å². The molecule has 1 fully saturated rings. The van der Waals surface area contributed by atoms with Gasteiger partial charge in [-0.15, -0.1) is 0 Å². The number of carbonyl (C=O) groups excluding carboxylic acids is 2. The molecule has 0 aromatic carbocycles. The highest BCUT2D eigenvalue weighted by Gasteiger charge is 2.34. The Labute approximate surface area is 160 Å². The van der Waals surface area contributed by atoms with Crippen LogP contribution in [0.15, 0.2) is 0 Å². The van der Waals surface area contributed by atoms with Gasteiger partial charge in [0.05, 0.1) is 0 Å². The van der Waals surface area contributed by atoms with Gasteiger partial charge in [-0.3, -0.25) is 0 Å². The largest absolute Gasteiger partial charge is 0.443 e. The number of urea groups is 1. The maximum atomic E-state index is 12.9. The number of carbonyl (C=O) groups is 2. The first-order valence-electron chi connectivity index (χ1n) is 10.6. The molecule has 5 nitrogen and oxygen atoms in total. The van der Waals surface area contributed by atoms with Crippen molar-refractivity contribution in [3.8, 4) is 0 Å². The smallest absolute Gasteiger partial charge is 0.418 e. The number of rotatable bonds is 9. The maximum absolute atomic E-state index is 12.9. The zero-order valence-electron chi connectivity index (χ0n) is 17.7. The summed E-state index contributed by atoms with van der Waals surface area (Å²) in [5.41, 5.74) is -0.592. The monoisotopic (exact) mass is 368 g/mol. The fourth-order valence-electron chi connectivity index (χ4n) is 3.36. The highest BCUT2D eigenvalue weighted by atomic mass is 16.6. The molecule has 1 atom stereocenters. The Kier molecular flexibility index (Phi) is 10.0. The van der Waals surface area contributed by atoms with Crippen molar-refractivity contribution in [3.05, 3.63) is 0 Å². The first-order valence-corrected chi connectivity index (χ1v) is 10.6. The first kappa shape index (κ1) is 22.8. The van der Waals surface area contributed by atoms with Gasteiger partial charge in [0.2, 0.25) is 0 Å². The van der Waals surface area contributed by atoms with Crippen LogP contribution in [0.4, 0.5) is 9.59 Å². The predicted molar refractivity (Wildman–Crippen MR) is 106 cm³/mol. The summed E-state index contributed by atoms with van der Waals surface area (Å²) < 4.78 is 5.48. The number of unbranched alkanes of at least 4 members (excludes halogenated alkanes) is 7. The molecule has 0 bridgehead atoms. The molecular weight excluding hydrogens is 328 g/mol. The van der Waals surface area contributed by atoms with E-state index < -0.39 is 11.7 Å². The lowest BCUT2D eigenvalue weighted by Crippen LogP contribution is -2.49. The molecule has 0 saturated carbocycles. The molecule has 1 saturated heterocycles. The zero-order chi connectivity index (χ0) is 19.6. The van der Waals surface area contributed by atoms with Crippen LogP contribution < -0.4 is 0 Å². The molecule has 0 aromatic heterocycles. The van der Waals surface area contributed by atoms with E-state index in [0.29, 0.717) is 6.54 Å². The molecule has 5 heteroatoms. The minimum atomic E-state index is -0.592. The Morgan fingerprint density at radius 2 is 1.62 bits per heavy atom. The van der Waals surface area contributed by atoms with Gasteiger partial charge in [0, 0.05) is 19.1 Å². The summed E-state index contributed by atoms with van der Waals surface area (Å²) in [6, 6.07) is 0.0122. The minimum absolute atomic E-state index is 0.188. The Hall–Kier alpha value is -1.26. The van der Waals surface area contributed by atoms with Crippen LogP contribution in [0.3, 0.4) is 0 Å². The average molecular weight is 369 g/mol. The Balaban J connectivity index is 2.50. The van der Waals surface area contributed by atoms with Crippen LogP contribution >= 0.6 is 0 Å². The lowest BCUT2D eigenvalue weighted by Gasteiger charge is -2.31. The van der Waals surface area contributed by atoms with Gasteiger partial charge in [-0.1, -0.05) is 51.9 Å². The number of nitrogens with zero attached hydrogens (tertiary/aromatic N) is 2. The average Bonchev–Trinajstić information content (AvgIpc) is 2.97. The van der Waals surface area contributed by atoms with Gasteiger partial charge in [-0.05, 0) is 47.0 Å². The highest BCUT2D eigenvalue weighted by Crippen LogP contribution is 2.20. The van der Waals surface area contributed by atoms with E-state index in [1.165, 1.54) is 43.4 Å². The van der Waals surface area contributed by atoms with Gasteiger partial charge in [-0.2, -0.15) is 0 Å². The molecule has 152 valence electrons. The van der Waals surface area contributed by atoms with Crippen LogP contribution in [0.1, 0.15) is 98.8 Å². The molecule has 1 heterocycles. The minimum Gasteiger partial charge on any atom is -0.443 e. The first-order chi connectivity index (χ1) is 12.3. The summed E-state index contributed by atoms with van der Waals surface area (Å²) in [6.45, 7) is 11.0. The van der Waals surface area contributed by atoms with E-state index in [1.807, 2.05) is 25.7 Å². The second kappa shape index (κ2) is 11.5. The molecule has 1 aliphatic rings. The van der Waals surface area contributed by atoms with E-state index in [4.69, 9.17) is 4.74 Å². The fourth-order valence-corrected chi connectivity index (χ4v) is 3.36. The Morgan fingerprint density at radius 3 is 2.12 bits per heavy atom. The molecule has 0 radical (unpaired) electrons. The van der Waals surface area contributed by atoms with Gasteiger partial charge in [-0.25, -0.2) is 14.5 Å². The number of hydrogen-bond acceptors (Lipinski definition) is 3. The molecule has 3 amide bonds. The molecular formula is C21H40N2O3. The van der Waals surface area contributed by atoms with Crippen LogP contribution in [0.2, 0.25) is 0 Å². The summed E-state index contributed by atoms with van der Waals surface area (Å²) in [4.78, 5) is 28.6. The second-order valence-corrected chi connectivity index (χ2v) is 8.57. The van der Waals surface area contributed by atoms with E-state index in [2.05, 4.69) is 13.8 Å². The van der Waals surface area contributed by atoms with Crippen molar-refractivity contribution in [1.29, 1.82) is 0 Å². The lowest BCUT2D eigenvalue weighted by molar-refractivity contribution is 0.0280. The predicted octanol–water partition coefficient (Wildman–Crippen LogP) is 5.97. The van der Waals surface area contributed by atoms with Gasteiger partial charge in [0.15, 0.2) is 0 Å². The molecule has 0 aromatic rings. The van der Waals surface area contributed by atoms with Crippen molar-refractivity contribution >= 4 is 12.1 Å². The van der Waals surface area contributed by atoms with E-state index >= 15 is 0 Å². The van der Waals surface area contributed by atoms with E-state index in [-0.39, 0.29) is 12.1 Å². The standard InChI is InChI=1S/C21H40N2O3/c1-6-7-8-9-10-11-12-13-16-23(20(25)26-21(3,4)5)19(24)22-17-14-15-18(22)2/h18H,6-17H2,1-5H3/t18-/m1/s1. The third kappa shape index (κ3) is 8.41. The molecule has 0 spiro atoms.